The van der Waals surface area contributed by atoms with E-state index >= 15 is 0 Å². The van der Waals surface area contributed by atoms with Crippen molar-refractivity contribution in [1.82, 2.24) is 9.80 Å². The van der Waals surface area contributed by atoms with Gasteiger partial charge in [0.25, 0.3) is 5.91 Å². The molecule has 2 aliphatic rings. The van der Waals surface area contributed by atoms with Crippen LogP contribution in [0, 0.1) is 0 Å². The largest absolute Gasteiger partial charge is 0.484 e. The number of furan rings is 1. The molecule has 0 spiro atoms. The van der Waals surface area contributed by atoms with Crippen LogP contribution >= 0.6 is 24.0 Å². The van der Waals surface area contributed by atoms with E-state index in [1.54, 1.807) is 24.3 Å². The number of fused-ring (bicyclic) bond motifs is 1. The first kappa shape index (κ1) is 23.3. The quantitative estimate of drug-likeness (QED) is 0.502. The normalized spacial score (nSPS) is 15.2. The lowest BCUT2D eigenvalue weighted by atomic mass is 10.1. The van der Waals surface area contributed by atoms with Crippen LogP contribution in [-0.4, -0.2) is 48.7 Å². The van der Waals surface area contributed by atoms with Crippen molar-refractivity contribution in [2.24, 2.45) is 0 Å². The molecular formula is C24H24Cl2N2O5. The number of rotatable bonds is 6. The van der Waals surface area contributed by atoms with Crippen molar-refractivity contribution in [3.63, 3.8) is 0 Å². The first-order valence-corrected chi connectivity index (χ1v) is 10.9. The fourth-order valence-corrected chi connectivity index (χ4v) is 4.03. The summed E-state index contributed by atoms with van der Waals surface area (Å²) in [4.78, 5) is 17.0. The summed E-state index contributed by atoms with van der Waals surface area (Å²) in [7, 11) is 0. The Labute approximate surface area is 203 Å². The highest BCUT2D eigenvalue weighted by molar-refractivity contribution is 6.32. The highest BCUT2D eigenvalue weighted by atomic mass is 35.5. The summed E-state index contributed by atoms with van der Waals surface area (Å²) in [5.41, 5.74) is 1.17. The molecule has 0 saturated carbocycles. The van der Waals surface area contributed by atoms with E-state index in [1.807, 2.05) is 29.2 Å². The van der Waals surface area contributed by atoms with Crippen molar-refractivity contribution in [2.45, 2.75) is 13.2 Å². The molecule has 0 bridgehead atoms. The molecule has 0 N–H and O–H groups in total. The number of nitrogens with zero attached hydrogens (tertiary/aromatic N) is 2. The van der Waals surface area contributed by atoms with Crippen LogP contribution in [0.2, 0.25) is 5.02 Å². The second kappa shape index (κ2) is 10.4. The SMILES string of the molecule is Cl.O=C(c1ccc(COc2ccccc2Cl)o1)N1CCN(Cc2ccc3c(c2)OCO3)CC1. The van der Waals surface area contributed by atoms with Crippen LogP contribution in [0.15, 0.2) is 59.0 Å². The van der Waals surface area contributed by atoms with Crippen LogP contribution in [0.3, 0.4) is 0 Å². The minimum Gasteiger partial charge on any atom is -0.484 e. The van der Waals surface area contributed by atoms with Gasteiger partial charge >= 0.3 is 0 Å². The Kier molecular flexibility index (Phi) is 7.33. The summed E-state index contributed by atoms with van der Waals surface area (Å²) in [6.45, 7) is 4.18. The van der Waals surface area contributed by atoms with E-state index in [1.165, 1.54) is 5.56 Å². The summed E-state index contributed by atoms with van der Waals surface area (Å²) in [6, 6.07) is 16.7. The lowest BCUT2D eigenvalue weighted by Crippen LogP contribution is -2.48. The Morgan fingerprint density at radius 1 is 0.970 bits per heavy atom. The average Bonchev–Trinajstić information content (AvgIpc) is 3.48. The molecule has 0 aliphatic carbocycles. The van der Waals surface area contributed by atoms with Crippen molar-refractivity contribution in [1.29, 1.82) is 0 Å². The molecule has 174 valence electrons. The van der Waals surface area contributed by atoms with Gasteiger partial charge < -0.3 is 23.5 Å². The minimum atomic E-state index is -0.100. The molecule has 2 aromatic carbocycles. The number of hydrogen-bond acceptors (Lipinski definition) is 6. The molecule has 33 heavy (non-hydrogen) atoms. The van der Waals surface area contributed by atoms with E-state index in [0.29, 0.717) is 35.4 Å². The van der Waals surface area contributed by atoms with Gasteiger partial charge in [0.2, 0.25) is 6.79 Å². The molecule has 0 radical (unpaired) electrons. The molecule has 3 aromatic rings. The fraction of sp³-hybridized carbons (Fsp3) is 0.292. The highest BCUT2D eigenvalue weighted by Gasteiger charge is 2.25. The van der Waals surface area contributed by atoms with Crippen molar-refractivity contribution < 1.29 is 23.4 Å². The van der Waals surface area contributed by atoms with E-state index in [4.69, 9.17) is 30.2 Å². The van der Waals surface area contributed by atoms with Gasteiger partial charge in [-0.1, -0.05) is 29.8 Å². The van der Waals surface area contributed by atoms with Gasteiger partial charge in [-0.15, -0.1) is 12.4 Å². The highest BCUT2D eigenvalue weighted by Crippen LogP contribution is 2.33. The number of piperazine rings is 1. The average molecular weight is 491 g/mol. The number of amides is 1. The van der Waals surface area contributed by atoms with Gasteiger partial charge in [-0.25, -0.2) is 0 Å². The Hall–Kier alpha value is -2.87. The predicted octanol–water partition coefficient (Wildman–Crippen LogP) is 4.62. The zero-order valence-electron chi connectivity index (χ0n) is 17.9. The van der Waals surface area contributed by atoms with E-state index in [2.05, 4.69) is 11.0 Å². The molecule has 5 rings (SSSR count). The van der Waals surface area contributed by atoms with E-state index in [9.17, 15) is 4.79 Å². The Bertz CT molecular complexity index is 1110. The molecule has 9 heteroatoms. The molecule has 0 atom stereocenters. The molecule has 1 saturated heterocycles. The number of halogens is 2. The van der Waals surface area contributed by atoms with Crippen molar-refractivity contribution in [2.75, 3.05) is 33.0 Å². The third kappa shape index (κ3) is 5.38. The maximum atomic E-state index is 12.9. The zero-order valence-corrected chi connectivity index (χ0v) is 19.4. The van der Waals surface area contributed by atoms with Gasteiger partial charge in [-0.05, 0) is 42.0 Å². The van der Waals surface area contributed by atoms with Gasteiger partial charge in [-0.2, -0.15) is 0 Å². The van der Waals surface area contributed by atoms with E-state index in [-0.39, 0.29) is 31.7 Å². The van der Waals surface area contributed by atoms with Crippen molar-refractivity contribution in [3.05, 3.63) is 76.7 Å². The van der Waals surface area contributed by atoms with Gasteiger partial charge in [0.1, 0.15) is 18.1 Å². The molecule has 2 aliphatic heterocycles. The summed E-state index contributed by atoms with van der Waals surface area (Å²) in [5, 5.41) is 0.536. The van der Waals surface area contributed by atoms with Crippen molar-refractivity contribution >= 4 is 29.9 Å². The van der Waals surface area contributed by atoms with Crippen LogP contribution in [-0.2, 0) is 13.2 Å². The molecule has 1 aromatic heterocycles. The van der Waals surface area contributed by atoms with Gasteiger partial charge in [0.05, 0.1) is 5.02 Å². The standard InChI is InChI=1S/C24H23ClN2O5.ClH/c25-19-3-1-2-4-20(19)29-15-18-6-8-22(32-18)24(28)27-11-9-26(10-12-27)14-17-5-7-21-23(13-17)31-16-30-21;/h1-8,13H,9-12,14-16H2;1H. The predicted molar refractivity (Wildman–Crippen MR) is 125 cm³/mol. The van der Waals surface area contributed by atoms with Crippen LogP contribution < -0.4 is 14.2 Å². The number of carbonyl (C=O) groups excluding carboxylic acids is 1. The first-order chi connectivity index (χ1) is 15.7. The Balaban J connectivity index is 0.00000259. The topological polar surface area (TPSA) is 64.4 Å². The van der Waals surface area contributed by atoms with Crippen LogP contribution in [0.4, 0.5) is 0 Å². The number of para-hydroxylation sites is 1. The summed E-state index contributed by atoms with van der Waals surface area (Å²) < 4.78 is 22.2. The van der Waals surface area contributed by atoms with E-state index in [0.717, 1.165) is 31.1 Å². The molecular weight excluding hydrogens is 467 g/mol. The maximum absolute atomic E-state index is 12.9. The van der Waals surface area contributed by atoms with Crippen LogP contribution in [0.1, 0.15) is 21.9 Å². The second-order valence-corrected chi connectivity index (χ2v) is 8.15. The van der Waals surface area contributed by atoms with Gasteiger partial charge in [-0.3, -0.25) is 9.69 Å². The van der Waals surface area contributed by atoms with Crippen LogP contribution in [0.5, 0.6) is 17.2 Å². The molecule has 1 amide bonds. The third-order valence-electron chi connectivity index (χ3n) is 5.58. The molecule has 3 heterocycles. The Morgan fingerprint density at radius 3 is 2.58 bits per heavy atom. The second-order valence-electron chi connectivity index (χ2n) is 7.74. The Morgan fingerprint density at radius 2 is 1.76 bits per heavy atom. The zero-order chi connectivity index (χ0) is 21.9. The van der Waals surface area contributed by atoms with Gasteiger partial charge in [0.15, 0.2) is 17.3 Å². The minimum absolute atomic E-state index is 0. The number of benzene rings is 2. The van der Waals surface area contributed by atoms with Gasteiger partial charge in [0, 0.05) is 32.7 Å². The van der Waals surface area contributed by atoms with E-state index < -0.39 is 0 Å². The fourth-order valence-electron chi connectivity index (χ4n) is 3.84. The molecule has 0 unspecified atom stereocenters. The molecule has 1 fully saturated rings. The summed E-state index contributed by atoms with van der Waals surface area (Å²) >= 11 is 6.10. The molecule has 7 nitrogen and oxygen atoms in total. The maximum Gasteiger partial charge on any atom is 0.289 e. The lowest BCUT2D eigenvalue weighted by Gasteiger charge is -2.34. The number of ether oxygens (including phenoxy) is 3. The first-order valence-electron chi connectivity index (χ1n) is 10.5. The monoisotopic (exact) mass is 490 g/mol. The smallest absolute Gasteiger partial charge is 0.289 e. The number of hydrogen-bond donors (Lipinski definition) is 0. The lowest BCUT2D eigenvalue weighted by molar-refractivity contribution is 0.0594. The van der Waals surface area contributed by atoms with Crippen LogP contribution in [0.25, 0.3) is 0 Å². The summed E-state index contributed by atoms with van der Waals surface area (Å²) in [6.07, 6.45) is 0. The summed E-state index contributed by atoms with van der Waals surface area (Å²) in [5.74, 6) is 2.97. The third-order valence-corrected chi connectivity index (χ3v) is 5.89. The van der Waals surface area contributed by atoms with Crippen molar-refractivity contribution in [3.8, 4) is 17.2 Å². The number of carbonyl (C=O) groups is 1.